The number of carbonyl (C=O) groups is 3. The number of halogens is 2. The summed E-state index contributed by atoms with van der Waals surface area (Å²) >= 11 is 11.5. The van der Waals surface area contributed by atoms with Crippen LogP contribution < -0.4 is 5.32 Å². The fourth-order valence-corrected chi connectivity index (χ4v) is 1.42. The van der Waals surface area contributed by atoms with Crippen molar-refractivity contribution in [2.24, 2.45) is 0 Å². The number of benzene rings is 1. The number of carboxylic acids is 1. The number of nitrogens with one attached hydrogen (secondary N) is 1. The van der Waals surface area contributed by atoms with Gasteiger partial charge in [-0.15, -0.1) is 0 Å². The Morgan fingerprint density at radius 2 is 1.82 bits per heavy atom. The summed E-state index contributed by atoms with van der Waals surface area (Å²) in [5.41, 5.74) is -0.430. The van der Waals surface area contributed by atoms with E-state index in [1.54, 1.807) is 0 Å². The van der Waals surface area contributed by atoms with Gasteiger partial charge in [-0.25, -0.2) is 4.79 Å². The normalized spacial score (nSPS) is 9.82. The summed E-state index contributed by atoms with van der Waals surface area (Å²) in [6.07, 6.45) is 0. The van der Waals surface area contributed by atoms with Crippen molar-refractivity contribution in [3.8, 4) is 0 Å². The van der Waals surface area contributed by atoms with E-state index in [-0.39, 0.29) is 21.3 Å². The highest BCUT2D eigenvalue weighted by Gasteiger charge is 2.19. The van der Waals surface area contributed by atoms with Crippen LogP contribution in [0.4, 0.5) is 5.69 Å². The van der Waals surface area contributed by atoms with Crippen molar-refractivity contribution < 1.29 is 19.5 Å². The lowest BCUT2D eigenvalue weighted by Crippen LogP contribution is -2.21. The molecule has 0 spiro atoms. The number of carboxylic acid groups (broad SMARTS) is 1. The summed E-state index contributed by atoms with van der Waals surface area (Å²) in [4.78, 5) is 32.9. The number of anilines is 1. The maximum atomic E-state index is 11.2. The lowest BCUT2D eigenvalue weighted by Gasteiger charge is -2.10. The van der Waals surface area contributed by atoms with Crippen molar-refractivity contribution in [2.75, 3.05) is 5.32 Å². The van der Waals surface area contributed by atoms with E-state index in [1.165, 1.54) is 12.1 Å². The molecule has 1 rings (SSSR count). The average Bonchev–Trinajstić information content (AvgIpc) is 2.24. The van der Waals surface area contributed by atoms with E-state index < -0.39 is 17.7 Å². The molecule has 0 aliphatic heterocycles. The van der Waals surface area contributed by atoms with Crippen molar-refractivity contribution in [2.45, 2.75) is 6.92 Å². The predicted molar refractivity (Wildman–Crippen MR) is 62.7 cm³/mol. The fraction of sp³-hybridized carbons (Fsp3) is 0.100. The molecule has 7 heteroatoms. The van der Waals surface area contributed by atoms with Crippen molar-refractivity contribution in [3.05, 3.63) is 27.7 Å². The third kappa shape index (κ3) is 2.95. The van der Waals surface area contributed by atoms with Gasteiger partial charge in [0.05, 0.1) is 21.3 Å². The van der Waals surface area contributed by atoms with Gasteiger partial charge < -0.3 is 10.4 Å². The van der Waals surface area contributed by atoms with Gasteiger partial charge in [0.25, 0.3) is 5.91 Å². The maximum absolute atomic E-state index is 11.2. The van der Waals surface area contributed by atoms with Gasteiger partial charge in [-0.1, -0.05) is 23.2 Å². The molecule has 0 heterocycles. The Kier molecular flexibility index (Phi) is 4.09. The first kappa shape index (κ1) is 13.5. The molecular weight excluding hydrogens is 269 g/mol. The van der Waals surface area contributed by atoms with E-state index >= 15 is 0 Å². The highest BCUT2D eigenvalue weighted by molar-refractivity contribution is 6.46. The van der Waals surface area contributed by atoms with Gasteiger partial charge in [-0.2, -0.15) is 0 Å². The van der Waals surface area contributed by atoms with Crippen LogP contribution in [0.5, 0.6) is 0 Å². The van der Waals surface area contributed by atoms with Gasteiger partial charge in [0.15, 0.2) is 0 Å². The first-order valence-electron chi connectivity index (χ1n) is 4.37. The highest BCUT2D eigenvalue weighted by atomic mass is 35.5. The molecule has 0 bridgehead atoms. The van der Waals surface area contributed by atoms with E-state index in [1.807, 2.05) is 0 Å². The zero-order valence-electron chi connectivity index (χ0n) is 8.58. The predicted octanol–water partition coefficient (Wildman–Crippen LogP) is 2.22. The molecule has 0 aliphatic carbocycles. The number of amides is 1. The summed E-state index contributed by atoms with van der Waals surface area (Å²) in [6.45, 7) is 1.05. The lowest BCUT2D eigenvalue weighted by atomic mass is 10.1. The molecule has 5 nitrogen and oxygen atoms in total. The van der Waals surface area contributed by atoms with Crippen molar-refractivity contribution in [1.29, 1.82) is 0 Å². The molecule has 0 saturated carbocycles. The average molecular weight is 276 g/mol. The lowest BCUT2D eigenvalue weighted by molar-refractivity contribution is -0.133. The zero-order chi connectivity index (χ0) is 13.2. The Labute approximate surface area is 106 Å². The highest BCUT2D eigenvalue weighted by Crippen LogP contribution is 2.33. The monoisotopic (exact) mass is 275 g/mol. The van der Waals surface area contributed by atoms with E-state index in [9.17, 15) is 14.4 Å². The minimum absolute atomic E-state index is 0.0792. The van der Waals surface area contributed by atoms with Gasteiger partial charge in [-0.05, 0) is 12.1 Å². The van der Waals surface area contributed by atoms with Crippen LogP contribution >= 0.6 is 23.2 Å². The molecule has 1 aromatic carbocycles. The molecular formula is C10H7Cl2NO4. The topological polar surface area (TPSA) is 83.5 Å². The van der Waals surface area contributed by atoms with E-state index in [0.29, 0.717) is 0 Å². The van der Waals surface area contributed by atoms with Gasteiger partial charge in [-0.3, -0.25) is 9.59 Å². The first-order valence-corrected chi connectivity index (χ1v) is 5.13. The SMILES string of the molecule is CC(=O)C(=O)Nc1c(C(=O)O)ccc(Cl)c1Cl. The van der Waals surface area contributed by atoms with Crippen molar-refractivity contribution in [3.63, 3.8) is 0 Å². The van der Waals surface area contributed by atoms with E-state index in [2.05, 4.69) is 5.32 Å². The number of Topliss-reactive ketones (excluding diaryl/α,β-unsaturated/α-hetero) is 1. The van der Waals surface area contributed by atoms with Gasteiger partial charge in [0, 0.05) is 6.92 Å². The smallest absolute Gasteiger partial charge is 0.337 e. The molecule has 0 fully saturated rings. The minimum Gasteiger partial charge on any atom is -0.478 e. The second kappa shape index (κ2) is 5.16. The number of ketones is 1. The van der Waals surface area contributed by atoms with E-state index in [0.717, 1.165) is 6.92 Å². The molecule has 0 unspecified atom stereocenters. The van der Waals surface area contributed by atoms with Crippen molar-refractivity contribution >= 4 is 46.5 Å². The Hall–Kier alpha value is -1.59. The molecule has 0 atom stereocenters. The van der Waals surface area contributed by atoms with Crippen LogP contribution in [-0.4, -0.2) is 22.8 Å². The summed E-state index contributed by atoms with van der Waals surface area (Å²) in [6, 6.07) is 2.48. The Morgan fingerprint density at radius 1 is 1.24 bits per heavy atom. The molecule has 0 aromatic heterocycles. The fourth-order valence-electron chi connectivity index (χ4n) is 1.05. The Bertz CT molecular complexity index is 513. The Balaban J connectivity index is 3.28. The summed E-state index contributed by atoms with van der Waals surface area (Å²) < 4.78 is 0. The molecule has 1 aromatic rings. The second-order valence-electron chi connectivity index (χ2n) is 3.10. The van der Waals surface area contributed by atoms with Gasteiger partial charge in [0.1, 0.15) is 0 Å². The van der Waals surface area contributed by atoms with Crippen LogP contribution in [0, 0.1) is 0 Å². The number of hydrogen-bond acceptors (Lipinski definition) is 3. The molecule has 1 amide bonds. The number of carbonyl (C=O) groups excluding carboxylic acids is 2. The first-order chi connectivity index (χ1) is 7.84. The zero-order valence-corrected chi connectivity index (χ0v) is 10.1. The summed E-state index contributed by atoms with van der Waals surface area (Å²) in [7, 11) is 0. The van der Waals surface area contributed by atoms with Crippen LogP contribution in [0.1, 0.15) is 17.3 Å². The molecule has 0 aliphatic rings. The molecule has 2 N–H and O–H groups in total. The molecule has 0 radical (unpaired) electrons. The van der Waals surface area contributed by atoms with E-state index in [4.69, 9.17) is 28.3 Å². The summed E-state index contributed by atoms with van der Waals surface area (Å²) in [5, 5.41) is 11.0. The quantitative estimate of drug-likeness (QED) is 0.829. The van der Waals surface area contributed by atoms with Gasteiger partial charge in [0.2, 0.25) is 5.78 Å². The van der Waals surface area contributed by atoms with Crippen LogP contribution in [0.25, 0.3) is 0 Å². The molecule has 0 saturated heterocycles. The van der Waals surface area contributed by atoms with Crippen LogP contribution in [-0.2, 0) is 9.59 Å². The third-order valence-corrected chi connectivity index (χ3v) is 2.69. The van der Waals surface area contributed by atoms with Crippen LogP contribution in [0.15, 0.2) is 12.1 Å². The number of aromatic carboxylic acids is 1. The largest absolute Gasteiger partial charge is 0.478 e. The second-order valence-corrected chi connectivity index (χ2v) is 3.88. The van der Waals surface area contributed by atoms with Gasteiger partial charge >= 0.3 is 5.97 Å². The third-order valence-electron chi connectivity index (χ3n) is 1.88. The van der Waals surface area contributed by atoms with Crippen molar-refractivity contribution in [1.82, 2.24) is 0 Å². The Morgan fingerprint density at radius 3 is 2.29 bits per heavy atom. The standard InChI is InChI=1S/C10H7Cl2NO4/c1-4(14)9(15)13-8-5(10(16)17)2-3-6(11)7(8)12/h2-3H,1H3,(H,13,15)(H,16,17). The maximum Gasteiger partial charge on any atom is 0.337 e. The number of hydrogen-bond donors (Lipinski definition) is 2. The molecule has 90 valence electrons. The summed E-state index contributed by atoms with van der Waals surface area (Å²) in [5.74, 6) is -3.02. The van der Waals surface area contributed by atoms with Crippen LogP contribution in [0.2, 0.25) is 10.0 Å². The van der Waals surface area contributed by atoms with Crippen LogP contribution in [0.3, 0.4) is 0 Å². The minimum atomic E-state index is -1.29. The number of rotatable bonds is 3. The molecule has 17 heavy (non-hydrogen) atoms.